The topological polar surface area (TPSA) is 141 Å². The third-order valence-corrected chi connectivity index (χ3v) is 5.98. The molecule has 4 fully saturated rings. The molecule has 12 nitrogen and oxygen atoms in total. The zero-order valence-corrected chi connectivity index (χ0v) is 16.1. The number of hydroxylamine groups is 3. The Morgan fingerprint density at radius 2 is 2.11 bits per heavy atom. The number of piperidine rings is 1. The van der Waals surface area contributed by atoms with E-state index < -0.39 is 34.4 Å². The molecular formula is C15H25N5O7S. The first-order chi connectivity index (χ1) is 13.3. The Labute approximate surface area is 163 Å². The molecule has 0 saturated carbocycles. The number of hydrogen-bond acceptors (Lipinski definition) is 8. The number of carbonyl (C=O) groups excluding carboxylic acids is 2. The highest BCUT2D eigenvalue weighted by atomic mass is 32.3. The molecule has 0 aliphatic carbocycles. The van der Waals surface area contributed by atoms with E-state index in [2.05, 4.69) is 20.0 Å². The van der Waals surface area contributed by atoms with Crippen molar-refractivity contribution in [3.05, 3.63) is 0 Å². The second-order valence-corrected chi connectivity index (χ2v) is 8.80. The van der Waals surface area contributed by atoms with E-state index in [0.717, 1.165) is 19.5 Å². The van der Waals surface area contributed by atoms with Gasteiger partial charge < -0.3 is 15.1 Å². The van der Waals surface area contributed by atoms with E-state index in [4.69, 9.17) is 9.39 Å². The summed E-state index contributed by atoms with van der Waals surface area (Å²) < 4.78 is 35.0. The molecular weight excluding hydrogens is 394 g/mol. The van der Waals surface area contributed by atoms with Crippen molar-refractivity contribution in [2.24, 2.45) is 5.92 Å². The third kappa shape index (κ3) is 4.55. The van der Waals surface area contributed by atoms with Crippen LogP contribution in [0.25, 0.3) is 0 Å². The standard InChI is InChI=1S/C15H25N5O7S/c21-14(17-26-9-11-5-10(6-16-11)7-18-3-4-18)13-2-1-12-8-19(13)15(22)20(12)27-28(23,24)25/h10-13,16H,1-9H2,(H,17,21)(H,23,24,25)/t10-,11-,12-,13+/m1/s1. The quantitative estimate of drug-likeness (QED) is 0.239. The molecule has 0 radical (unpaired) electrons. The number of carbonyl (C=O) groups is 2. The minimum atomic E-state index is -4.81. The van der Waals surface area contributed by atoms with E-state index in [1.54, 1.807) is 0 Å². The Morgan fingerprint density at radius 3 is 2.82 bits per heavy atom. The Kier molecular flexibility index (Phi) is 5.46. The molecule has 2 bridgehead atoms. The van der Waals surface area contributed by atoms with E-state index in [0.29, 0.717) is 30.4 Å². The van der Waals surface area contributed by atoms with Gasteiger partial charge in [-0.1, -0.05) is 0 Å². The Balaban J connectivity index is 1.22. The predicted octanol–water partition coefficient (Wildman–Crippen LogP) is -1.67. The molecule has 4 aliphatic heterocycles. The molecule has 0 spiro atoms. The molecule has 158 valence electrons. The van der Waals surface area contributed by atoms with Gasteiger partial charge in [0.1, 0.15) is 6.04 Å². The zero-order chi connectivity index (χ0) is 19.9. The molecule has 0 aromatic heterocycles. The zero-order valence-electron chi connectivity index (χ0n) is 15.3. The Bertz CT molecular complexity index is 730. The fraction of sp³-hybridized carbons (Fsp3) is 0.867. The van der Waals surface area contributed by atoms with Crippen LogP contribution in [-0.4, -0.2) is 97.2 Å². The molecule has 0 aromatic rings. The smallest absolute Gasteiger partial charge is 0.311 e. The summed E-state index contributed by atoms with van der Waals surface area (Å²) in [5.74, 6) is 0.136. The Morgan fingerprint density at radius 1 is 1.32 bits per heavy atom. The SMILES string of the molecule is O=C(NOC[C@H]1C[C@@H](CN2CC2)CN1)[C@@H]1CC[C@@H]2CN1C(=O)N2OS(=O)(=O)O. The largest absolute Gasteiger partial charge is 0.418 e. The van der Waals surface area contributed by atoms with Crippen molar-refractivity contribution in [3.8, 4) is 0 Å². The van der Waals surface area contributed by atoms with E-state index in [9.17, 15) is 18.0 Å². The minimum absolute atomic E-state index is 0.148. The van der Waals surface area contributed by atoms with Gasteiger partial charge in [0.2, 0.25) is 0 Å². The normalized spacial score (nSPS) is 32.8. The fourth-order valence-corrected chi connectivity index (χ4v) is 4.56. The lowest BCUT2D eigenvalue weighted by molar-refractivity contribution is -0.139. The van der Waals surface area contributed by atoms with Gasteiger partial charge >= 0.3 is 16.4 Å². The first-order valence-corrected chi connectivity index (χ1v) is 10.8. The predicted molar refractivity (Wildman–Crippen MR) is 93.8 cm³/mol. The van der Waals surface area contributed by atoms with Crippen LogP contribution in [0.4, 0.5) is 4.79 Å². The number of amides is 3. The van der Waals surface area contributed by atoms with Crippen molar-refractivity contribution in [1.82, 2.24) is 25.7 Å². The molecule has 3 N–H and O–H groups in total. The van der Waals surface area contributed by atoms with Gasteiger partial charge in [-0.25, -0.2) is 10.3 Å². The van der Waals surface area contributed by atoms with Gasteiger partial charge in [0.05, 0.1) is 12.6 Å². The van der Waals surface area contributed by atoms with Crippen molar-refractivity contribution in [3.63, 3.8) is 0 Å². The summed E-state index contributed by atoms with van der Waals surface area (Å²) in [6.45, 7) is 4.88. The van der Waals surface area contributed by atoms with Crippen molar-refractivity contribution in [1.29, 1.82) is 0 Å². The van der Waals surface area contributed by atoms with Crippen LogP contribution >= 0.6 is 0 Å². The molecule has 0 unspecified atom stereocenters. The second kappa shape index (κ2) is 7.72. The van der Waals surface area contributed by atoms with Gasteiger partial charge in [0, 0.05) is 32.2 Å². The van der Waals surface area contributed by atoms with E-state index in [1.165, 1.54) is 18.0 Å². The van der Waals surface area contributed by atoms with E-state index in [1.807, 2.05) is 0 Å². The van der Waals surface area contributed by atoms with Crippen LogP contribution in [0, 0.1) is 5.92 Å². The summed E-state index contributed by atoms with van der Waals surface area (Å²) in [5, 5.41) is 4.00. The molecule has 3 amide bonds. The van der Waals surface area contributed by atoms with Crippen LogP contribution in [0.5, 0.6) is 0 Å². The minimum Gasteiger partial charge on any atom is -0.311 e. The van der Waals surface area contributed by atoms with Crippen molar-refractivity contribution in [2.75, 3.05) is 39.3 Å². The summed E-state index contributed by atoms with van der Waals surface area (Å²) >= 11 is 0. The average molecular weight is 419 g/mol. The Hall–Kier alpha value is -1.51. The number of urea groups is 1. The van der Waals surface area contributed by atoms with E-state index >= 15 is 0 Å². The van der Waals surface area contributed by atoms with Crippen molar-refractivity contribution >= 4 is 22.3 Å². The van der Waals surface area contributed by atoms with Crippen LogP contribution in [0.2, 0.25) is 0 Å². The molecule has 4 atom stereocenters. The molecule has 4 rings (SSSR count). The highest BCUT2D eigenvalue weighted by Crippen LogP contribution is 2.30. The van der Waals surface area contributed by atoms with Crippen molar-refractivity contribution in [2.45, 2.75) is 37.4 Å². The van der Waals surface area contributed by atoms with Gasteiger partial charge in [-0.15, -0.1) is 4.28 Å². The van der Waals surface area contributed by atoms with E-state index in [-0.39, 0.29) is 12.6 Å². The fourth-order valence-electron chi connectivity index (χ4n) is 4.17. The van der Waals surface area contributed by atoms with Crippen LogP contribution in [0.1, 0.15) is 19.3 Å². The van der Waals surface area contributed by atoms with Crippen LogP contribution < -0.4 is 10.8 Å². The summed E-state index contributed by atoms with van der Waals surface area (Å²) in [5.41, 5.74) is 2.40. The summed E-state index contributed by atoms with van der Waals surface area (Å²) in [6, 6.07) is -1.89. The van der Waals surface area contributed by atoms with Crippen LogP contribution in [-0.2, 0) is 24.3 Å². The number of fused-ring (bicyclic) bond motifs is 2. The maximum absolute atomic E-state index is 12.4. The van der Waals surface area contributed by atoms with Crippen LogP contribution in [0.3, 0.4) is 0 Å². The lowest BCUT2D eigenvalue weighted by atomic mass is 10.0. The van der Waals surface area contributed by atoms with Gasteiger partial charge in [-0.05, 0) is 31.7 Å². The number of rotatable bonds is 8. The van der Waals surface area contributed by atoms with Gasteiger partial charge in [0.15, 0.2) is 0 Å². The first-order valence-electron chi connectivity index (χ1n) is 9.44. The molecule has 4 saturated heterocycles. The third-order valence-electron chi connectivity index (χ3n) is 5.63. The molecule has 0 aromatic carbocycles. The lowest BCUT2D eigenvalue weighted by Gasteiger charge is -2.29. The highest BCUT2D eigenvalue weighted by Gasteiger charge is 2.49. The van der Waals surface area contributed by atoms with Gasteiger partial charge in [-0.2, -0.15) is 13.5 Å². The lowest BCUT2D eigenvalue weighted by Crippen LogP contribution is -2.50. The van der Waals surface area contributed by atoms with Crippen molar-refractivity contribution < 1.29 is 31.7 Å². The monoisotopic (exact) mass is 419 g/mol. The first kappa shape index (κ1) is 19.8. The number of nitrogens with zero attached hydrogens (tertiary/aromatic N) is 3. The maximum atomic E-state index is 12.4. The number of nitrogens with one attached hydrogen (secondary N) is 2. The highest BCUT2D eigenvalue weighted by molar-refractivity contribution is 7.80. The molecule has 4 aliphatic rings. The maximum Gasteiger partial charge on any atom is 0.418 e. The number of hydrogen-bond donors (Lipinski definition) is 3. The van der Waals surface area contributed by atoms with Gasteiger partial charge in [0.25, 0.3) is 5.91 Å². The summed E-state index contributed by atoms with van der Waals surface area (Å²) in [7, 11) is -4.81. The summed E-state index contributed by atoms with van der Waals surface area (Å²) in [4.78, 5) is 33.7. The van der Waals surface area contributed by atoms with Crippen LogP contribution in [0.15, 0.2) is 0 Å². The molecule has 28 heavy (non-hydrogen) atoms. The molecule has 4 heterocycles. The second-order valence-electron chi connectivity index (χ2n) is 7.79. The molecule has 13 heteroatoms. The average Bonchev–Trinajstić information content (AvgIpc) is 3.29. The summed E-state index contributed by atoms with van der Waals surface area (Å²) in [6.07, 6.45) is 1.71. The van der Waals surface area contributed by atoms with Gasteiger partial charge in [-0.3, -0.25) is 14.2 Å².